The Labute approximate surface area is 437 Å². The van der Waals surface area contributed by atoms with Crippen molar-refractivity contribution < 1.29 is 45.5 Å². The molecule has 3 N–H and O–H groups in total. The number of carbonyl (C=O) groups excluding carboxylic acids is 4. The maximum absolute atomic E-state index is 13.2. The van der Waals surface area contributed by atoms with E-state index >= 15 is 0 Å². The van der Waals surface area contributed by atoms with E-state index in [2.05, 4.69) is 45.2 Å². The molecule has 2 aromatic carbocycles. The lowest BCUT2D eigenvalue weighted by molar-refractivity contribution is -0.136. The second kappa shape index (κ2) is 25.2. The molecule has 0 aliphatic carbocycles. The summed E-state index contributed by atoms with van der Waals surface area (Å²) in [5, 5.41) is 12.7. The van der Waals surface area contributed by atoms with Gasteiger partial charge in [-0.25, -0.2) is 24.6 Å². The fourth-order valence-corrected chi connectivity index (χ4v) is 9.08. The van der Waals surface area contributed by atoms with Crippen LogP contribution in [-0.4, -0.2) is 98.0 Å². The van der Waals surface area contributed by atoms with Crippen LogP contribution in [0.3, 0.4) is 0 Å². The molecule has 0 fully saturated rings. The Morgan fingerprint density at radius 1 is 0.605 bits per heavy atom. The highest BCUT2D eigenvalue weighted by Crippen LogP contribution is 2.33. The molecule has 10 rings (SSSR count). The van der Waals surface area contributed by atoms with Crippen molar-refractivity contribution in [3.63, 3.8) is 0 Å². The summed E-state index contributed by atoms with van der Waals surface area (Å²) >= 11 is 5.19. The minimum atomic E-state index is -4.34. The van der Waals surface area contributed by atoms with Crippen molar-refractivity contribution in [3.8, 4) is 0 Å². The molecule has 16 nitrogen and oxygen atoms in total. The molecule has 0 amide bonds. The van der Waals surface area contributed by atoms with Gasteiger partial charge in [-0.1, -0.05) is 68.1 Å². The van der Waals surface area contributed by atoms with E-state index in [9.17, 15) is 45.5 Å². The summed E-state index contributed by atoms with van der Waals surface area (Å²) in [6, 6.07) is 23.1. The van der Waals surface area contributed by atoms with Gasteiger partial charge in [0.2, 0.25) is 11.1 Å². The van der Waals surface area contributed by atoms with Gasteiger partial charge in [-0.3, -0.25) is 24.3 Å². The van der Waals surface area contributed by atoms with Gasteiger partial charge in [-0.15, -0.1) is 0 Å². The molecule has 6 aromatic heterocycles. The normalized spacial score (nSPS) is 13.2. The highest BCUT2D eigenvalue weighted by atomic mass is 35.5. The monoisotopic (exact) mass is 1070 g/mol. The number of hydrogen-bond donors (Lipinski definition) is 3. The van der Waals surface area contributed by atoms with Gasteiger partial charge in [0.05, 0.1) is 16.5 Å². The fraction of sp³-hybridized carbons (Fsp3) is 0.358. The van der Waals surface area contributed by atoms with E-state index < -0.39 is 31.0 Å². The molecule has 0 bridgehead atoms. The second-order valence-electron chi connectivity index (χ2n) is 17.9. The smallest absolute Gasteiger partial charge is 0.351 e. The average molecular weight is 1070 g/mol. The highest BCUT2D eigenvalue weighted by molar-refractivity contribution is 6.63. The van der Waals surface area contributed by atoms with Crippen LogP contribution < -0.4 is 9.80 Å². The molecule has 0 radical (unpaired) electrons. The van der Waals surface area contributed by atoms with Crippen molar-refractivity contribution in [2.75, 3.05) is 22.9 Å². The summed E-state index contributed by atoms with van der Waals surface area (Å²) in [4.78, 5) is 76.2. The van der Waals surface area contributed by atoms with Gasteiger partial charge in [0.25, 0.3) is 0 Å². The predicted molar refractivity (Wildman–Crippen MR) is 274 cm³/mol. The van der Waals surface area contributed by atoms with E-state index in [4.69, 9.17) is 11.6 Å². The van der Waals surface area contributed by atoms with Crippen LogP contribution in [0.15, 0.2) is 97.8 Å². The zero-order chi connectivity index (χ0) is 53.1. The largest absolute Gasteiger partial charge is 0.389 e. The number of nitrogens with one attached hydrogen (secondary N) is 3. The third kappa shape index (κ3) is 14.5. The molecule has 8 aromatic rings. The zero-order valence-electron chi connectivity index (χ0n) is 40.4. The topological polar surface area (TPSA) is 204 Å². The Morgan fingerprint density at radius 2 is 1.11 bits per heavy atom. The zero-order valence-corrected chi connectivity index (χ0v) is 41.1. The predicted octanol–water partition coefficient (Wildman–Crippen LogP) is 11.1. The number of ketones is 2. The summed E-state index contributed by atoms with van der Waals surface area (Å²) in [5.41, 5.74) is 6.64. The van der Waals surface area contributed by atoms with Crippen LogP contribution in [0.5, 0.6) is 0 Å². The number of nitrogens with zero attached hydrogens (tertiary/aromatic N) is 9. The molecule has 0 atom stereocenters. The van der Waals surface area contributed by atoms with Gasteiger partial charge < -0.3 is 19.8 Å². The number of aromatic nitrogens is 10. The number of H-pyrrole nitrogens is 3. The standard InChI is InChI=1S/C26H25F3N6O2.C17H17F3N6O.C9H9ClO.CH4/c27-26(28,29)12-4-7-21(36)23-19-15-34(25-18-10-13-30-24(18)31-16-32-25)14-11-20(19)35(33-23)22(37)9-8-17-5-2-1-3-6-17;18-17(19,20)5-1-2-13(27)14-11-8-26(7-4-12(11)24-25-14)16-10-3-6-21-15(10)22-9-23-16;10-9(11)7-6-8-4-2-1-3-5-8;/h1-3,5-6,10,13,16H,4,7-9,11-12,14-15H2,(H,30,31,32);3,6,9H,1-2,4-5,7-8H2,(H,24,25)(H,21,22,23);1-5H,6-7H2;1H4. The SMILES string of the molecule is C.O=C(CCCC(F)(F)F)c1n[nH]c2c1CN(c1ncnc3[nH]ccc13)CC2.O=C(CCCC(F)(F)F)c1nn(C(=O)CCc2ccccc2)c2c1CN(c1ncnc3[nH]ccc13)CC2.O=C(Cl)CCc1ccccc1. The van der Waals surface area contributed by atoms with Crippen LogP contribution in [0.1, 0.15) is 118 Å². The Balaban J connectivity index is 0.000000188. The first-order chi connectivity index (χ1) is 36.0. The first-order valence-electron chi connectivity index (χ1n) is 24.2. The molecule has 0 saturated heterocycles. The van der Waals surface area contributed by atoms with Crippen LogP contribution >= 0.6 is 11.6 Å². The number of Topliss-reactive ketones (excluding diaryl/α,β-unsaturated/α-hetero) is 2. The van der Waals surface area contributed by atoms with E-state index in [1.54, 1.807) is 12.4 Å². The average Bonchev–Trinajstić information content (AvgIpc) is 4.24. The number of benzene rings is 2. The molecule has 23 heteroatoms. The third-order valence-corrected chi connectivity index (χ3v) is 12.9. The summed E-state index contributed by atoms with van der Waals surface area (Å²) in [5.74, 6) is 0.316. The number of anilines is 2. The quantitative estimate of drug-likeness (QED) is 0.0470. The summed E-state index contributed by atoms with van der Waals surface area (Å²) in [7, 11) is 0. The minimum Gasteiger partial charge on any atom is -0.351 e. The number of halogens is 7. The molecular formula is C53H55ClF6N12O4. The molecule has 0 saturated carbocycles. The Hall–Kier alpha value is -7.75. The van der Waals surface area contributed by atoms with Gasteiger partial charge in [0.15, 0.2) is 11.6 Å². The van der Waals surface area contributed by atoms with Crippen LogP contribution in [0, 0.1) is 0 Å². The number of aryl methyl sites for hydroxylation is 2. The van der Waals surface area contributed by atoms with E-state index in [1.807, 2.05) is 82.6 Å². The van der Waals surface area contributed by atoms with E-state index in [1.165, 1.54) is 17.3 Å². The van der Waals surface area contributed by atoms with E-state index in [-0.39, 0.29) is 74.4 Å². The molecule has 8 heterocycles. The second-order valence-corrected chi connectivity index (χ2v) is 18.4. The van der Waals surface area contributed by atoms with Gasteiger partial charge in [0, 0.05) is 107 Å². The lowest BCUT2D eigenvalue weighted by Gasteiger charge is -2.29. The molecule has 0 spiro atoms. The number of hydrogen-bond acceptors (Lipinski definition) is 12. The molecular weight excluding hydrogens is 1020 g/mol. The number of fused-ring (bicyclic) bond motifs is 4. The highest BCUT2D eigenvalue weighted by Gasteiger charge is 2.33. The number of rotatable bonds is 16. The third-order valence-electron chi connectivity index (χ3n) is 12.7. The lowest BCUT2D eigenvalue weighted by Crippen LogP contribution is -2.33. The summed E-state index contributed by atoms with van der Waals surface area (Å²) in [6.45, 7) is 1.90. The van der Waals surface area contributed by atoms with Crippen molar-refractivity contribution >= 4 is 68.0 Å². The maximum Gasteiger partial charge on any atom is 0.389 e. The molecule has 0 unspecified atom stereocenters. The molecule has 2 aliphatic heterocycles. The van der Waals surface area contributed by atoms with Crippen LogP contribution in [0.2, 0.25) is 0 Å². The van der Waals surface area contributed by atoms with Crippen molar-refractivity contribution in [1.29, 1.82) is 0 Å². The molecule has 2 aliphatic rings. The minimum absolute atomic E-state index is 0. The van der Waals surface area contributed by atoms with E-state index in [0.29, 0.717) is 68.0 Å². The van der Waals surface area contributed by atoms with Crippen LogP contribution in [0.4, 0.5) is 38.0 Å². The number of aromatic amines is 3. The first-order valence-corrected chi connectivity index (χ1v) is 24.6. The molecule has 76 heavy (non-hydrogen) atoms. The van der Waals surface area contributed by atoms with Crippen molar-refractivity contribution in [1.82, 2.24) is 49.9 Å². The molecule has 400 valence electrons. The Kier molecular flexibility index (Phi) is 18.6. The van der Waals surface area contributed by atoms with Gasteiger partial charge in [-0.2, -0.15) is 36.5 Å². The fourth-order valence-electron chi connectivity index (χ4n) is 8.98. The van der Waals surface area contributed by atoms with Gasteiger partial charge >= 0.3 is 12.4 Å². The Morgan fingerprint density at radius 3 is 1.63 bits per heavy atom. The van der Waals surface area contributed by atoms with Crippen LogP contribution in [-0.2, 0) is 43.6 Å². The van der Waals surface area contributed by atoms with Crippen molar-refractivity contribution in [2.24, 2.45) is 0 Å². The van der Waals surface area contributed by atoms with Crippen molar-refractivity contribution in [2.45, 2.75) is 110 Å². The number of carbonyl (C=O) groups is 4. The summed E-state index contributed by atoms with van der Waals surface area (Å²) in [6.07, 6.45) is -2.21. The van der Waals surface area contributed by atoms with Crippen LogP contribution in [0.25, 0.3) is 22.1 Å². The maximum atomic E-state index is 13.2. The van der Waals surface area contributed by atoms with E-state index in [0.717, 1.165) is 51.0 Å². The number of alkyl halides is 6. The first kappa shape index (κ1) is 56.0. The van der Waals surface area contributed by atoms with Gasteiger partial charge in [-0.05, 0) is 60.5 Å². The summed E-state index contributed by atoms with van der Waals surface area (Å²) < 4.78 is 76.2. The van der Waals surface area contributed by atoms with Gasteiger partial charge in [0.1, 0.15) is 47.0 Å². The van der Waals surface area contributed by atoms with Crippen molar-refractivity contribution in [3.05, 3.63) is 143 Å². The lowest BCUT2D eigenvalue weighted by atomic mass is 10.0. The Bertz CT molecular complexity index is 3240.